The molecule has 1 aromatic rings. The number of hydrogen-bond acceptors (Lipinski definition) is 2. The fraction of sp³-hybridized carbons (Fsp3) is 0.667. The van der Waals surface area contributed by atoms with E-state index in [9.17, 15) is 0 Å². The van der Waals surface area contributed by atoms with E-state index >= 15 is 0 Å². The molecule has 0 aliphatic carbocycles. The lowest BCUT2D eigenvalue weighted by Crippen LogP contribution is -2.18. The van der Waals surface area contributed by atoms with Crippen LogP contribution in [0.1, 0.15) is 13.8 Å². The standard InChI is InChI=1S/C7H13N3.C2H6/c1-9(2)6-7-10-5-3-4-8-10;1-2/h3-5H,6-7H2,1-2H3;1-2H3. The molecule has 0 atom stereocenters. The second kappa shape index (κ2) is 6.85. The molecule has 0 unspecified atom stereocenters. The Labute approximate surface area is 75.0 Å². The summed E-state index contributed by atoms with van der Waals surface area (Å²) in [6, 6.07) is 1.94. The van der Waals surface area contributed by atoms with Gasteiger partial charge in [0.1, 0.15) is 0 Å². The molecule has 0 amide bonds. The van der Waals surface area contributed by atoms with E-state index in [1.807, 2.05) is 30.8 Å². The van der Waals surface area contributed by atoms with Crippen LogP contribution < -0.4 is 0 Å². The number of aromatic nitrogens is 2. The molecular weight excluding hydrogens is 150 g/mol. The van der Waals surface area contributed by atoms with Crippen molar-refractivity contribution in [3.8, 4) is 0 Å². The Morgan fingerprint density at radius 3 is 2.42 bits per heavy atom. The average Bonchev–Trinajstić information content (AvgIpc) is 2.56. The molecule has 0 radical (unpaired) electrons. The van der Waals surface area contributed by atoms with E-state index in [4.69, 9.17) is 0 Å². The lowest BCUT2D eigenvalue weighted by atomic mass is 10.6. The normalized spacial score (nSPS) is 9.42. The Morgan fingerprint density at radius 2 is 2.00 bits per heavy atom. The summed E-state index contributed by atoms with van der Waals surface area (Å²) in [7, 11) is 4.12. The lowest BCUT2D eigenvalue weighted by Gasteiger charge is -2.08. The first-order valence-electron chi connectivity index (χ1n) is 4.41. The molecule has 0 aliphatic heterocycles. The van der Waals surface area contributed by atoms with Gasteiger partial charge in [-0.2, -0.15) is 5.10 Å². The topological polar surface area (TPSA) is 21.1 Å². The van der Waals surface area contributed by atoms with Crippen molar-refractivity contribution < 1.29 is 0 Å². The Hall–Kier alpha value is -0.830. The van der Waals surface area contributed by atoms with Crippen molar-refractivity contribution >= 4 is 0 Å². The highest BCUT2D eigenvalue weighted by atomic mass is 15.3. The molecular formula is C9H19N3. The van der Waals surface area contributed by atoms with E-state index in [0.717, 1.165) is 13.1 Å². The van der Waals surface area contributed by atoms with Crippen LogP contribution in [0.5, 0.6) is 0 Å². The monoisotopic (exact) mass is 169 g/mol. The van der Waals surface area contributed by atoms with Gasteiger partial charge in [0.25, 0.3) is 0 Å². The minimum absolute atomic E-state index is 0.972. The fourth-order valence-electron chi connectivity index (χ4n) is 0.735. The van der Waals surface area contributed by atoms with Gasteiger partial charge in [0.2, 0.25) is 0 Å². The first-order valence-corrected chi connectivity index (χ1v) is 4.41. The smallest absolute Gasteiger partial charge is 0.0536 e. The molecule has 3 nitrogen and oxygen atoms in total. The Kier molecular flexibility index (Phi) is 6.38. The third kappa shape index (κ3) is 4.91. The molecule has 1 rings (SSSR count). The van der Waals surface area contributed by atoms with E-state index in [2.05, 4.69) is 24.1 Å². The molecule has 0 bridgehead atoms. The van der Waals surface area contributed by atoms with Gasteiger partial charge < -0.3 is 4.90 Å². The van der Waals surface area contributed by atoms with E-state index in [-0.39, 0.29) is 0 Å². The first kappa shape index (κ1) is 11.2. The Morgan fingerprint density at radius 1 is 1.33 bits per heavy atom. The minimum Gasteiger partial charge on any atom is -0.308 e. The van der Waals surface area contributed by atoms with Crippen molar-refractivity contribution in [1.29, 1.82) is 0 Å². The summed E-state index contributed by atoms with van der Waals surface area (Å²) in [5.41, 5.74) is 0. The van der Waals surface area contributed by atoms with Gasteiger partial charge in [-0.05, 0) is 20.2 Å². The number of hydrogen-bond donors (Lipinski definition) is 0. The van der Waals surface area contributed by atoms with Crippen molar-refractivity contribution in [2.75, 3.05) is 20.6 Å². The minimum atomic E-state index is 0.972. The maximum Gasteiger partial charge on any atom is 0.0536 e. The van der Waals surface area contributed by atoms with Crippen molar-refractivity contribution in [2.45, 2.75) is 20.4 Å². The summed E-state index contributed by atoms with van der Waals surface area (Å²) >= 11 is 0. The summed E-state index contributed by atoms with van der Waals surface area (Å²) in [4.78, 5) is 2.14. The van der Waals surface area contributed by atoms with Crippen LogP contribution in [0.15, 0.2) is 18.5 Å². The van der Waals surface area contributed by atoms with Crippen molar-refractivity contribution in [3.05, 3.63) is 18.5 Å². The molecule has 3 heteroatoms. The Bertz CT molecular complexity index is 168. The van der Waals surface area contributed by atoms with Crippen LogP contribution in [-0.2, 0) is 6.54 Å². The first-order chi connectivity index (χ1) is 5.79. The predicted octanol–water partition coefficient (Wildman–Crippen LogP) is 1.47. The van der Waals surface area contributed by atoms with Gasteiger partial charge in [0.15, 0.2) is 0 Å². The van der Waals surface area contributed by atoms with Crippen molar-refractivity contribution in [2.24, 2.45) is 0 Å². The number of nitrogens with zero attached hydrogens (tertiary/aromatic N) is 3. The van der Waals surface area contributed by atoms with E-state index in [1.54, 1.807) is 6.20 Å². The molecule has 1 aromatic heterocycles. The number of likely N-dealkylation sites (N-methyl/N-ethyl adjacent to an activating group) is 1. The molecule has 12 heavy (non-hydrogen) atoms. The van der Waals surface area contributed by atoms with Crippen LogP contribution in [0, 0.1) is 0 Å². The fourth-order valence-corrected chi connectivity index (χ4v) is 0.735. The third-order valence-corrected chi connectivity index (χ3v) is 1.34. The molecule has 0 spiro atoms. The maximum atomic E-state index is 4.08. The largest absolute Gasteiger partial charge is 0.308 e. The molecule has 0 N–H and O–H groups in total. The predicted molar refractivity (Wildman–Crippen MR) is 52.1 cm³/mol. The quantitative estimate of drug-likeness (QED) is 0.683. The molecule has 0 aliphatic rings. The second-order valence-electron chi connectivity index (χ2n) is 2.57. The van der Waals surface area contributed by atoms with Crippen LogP contribution in [0.4, 0.5) is 0 Å². The highest BCUT2D eigenvalue weighted by molar-refractivity contribution is 4.77. The average molecular weight is 169 g/mol. The summed E-state index contributed by atoms with van der Waals surface area (Å²) in [5.74, 6) is 0. The molecule has 70 valence electrons. The zero-order valence-electron chi connectivity index (χ0n) is 8.49. The Balaban J connectivity index is 0.000000561. The summed E-state index contributed by atoms with van der Waals surface area (Å²) in [6.45, 7) is 6.02. The summed E-state index contributed by atoms with van der Waals surface area (Å²) < 4.78 is 1.93. The zero-order chi connectivity index (χ0) is 9.40. The van der Waals surface area contributed by atoms with Crippen LogP contribution >= 0.6 is 0 Å². The zero-order valence-corrected chi connectivity index (χ0v) is 8.49. The van der Waals surface area contributed by atoms with Gasteiger partial charge in [-0.25, -0.2) is 0 Å². The van der Waals surface area contributed by atoms with Gasteiger partial charge in [-0.1, -0.05) is 13.8 Å². The maximum absolute atomic E-state index is 4.08. The SMILES string of the molecule is CC.CN(C)CCn1cccn1. The van der Waals surface area contributed by atoms with Gasteiger partial charge in [-0.3, -0.25) is 4.68 Å². The molecule has 1 heterocycles. The van der Waals surface area contributed by atoms with Crippen LogP contribution in [0.25, 0.3) is 0 Å². The molecule has 0 fully saturated rings. The van der Waals surface area contributed by atoms with Gasteiger partial charge in [0, 0.05) is 18.9 Å². The van der Waals surface area contributed by atoms with Crippen LogP contribution in [-0.4, -0.2) is 35.3 Å². The van der Waals surface area contributed by atoms with E-state index < -0.39 is 0 Å². The third-order valence-electron chi connectivity index (χ3n) is 1.34. The van der Waals surface area contributed by atoms with Crippen molar-refractivity contribution in [3.63, 3.8) is 0 Å². The highest BCUT2D eigenvalue weighted by Crippen LogP contribution is 1.84. The van der Waals surface area contributed by atoms with Gasteiger partial charge >= 0.3 is 0 Å². The highest BCUT2D eigenvalue weighted by Gasteiger charge is 1.90. The van der Waals surface area contributed by atoms with E-state index in [1.165, 1.54) is 0 Å². The van der Waals surface area contributed by atoms with Crippen LogP contribution in [0.3, 0.4) is 0 Å². The molecule has 0 aromatic carbocycles. The van der Waals surface area contributed by atoms with Gasteiger partial charge in [-0.15, -0.1) is 0 Å². The summed E-state index contributed by atoms with van der Waals surface area (Å²) in [6.07, 6.45) is 3.78. The number of rotatable bonds is 3. The summed E-state index contributed by atoms with van der Waals surface area (Å²) in [5, 5.41) is 4.08. The lowest BCUT2D eigenvalue weighted by molar-refractivity contribution is 0.373. The van der Waals surface area contributed by atoms with Gasteiger partial charge in [0.05, 0.1) is 6.54 Å². The van der Waals surface area contributed by atoms with Crippen molar-refractivity contribution in [1.82, 2.24) is 14.7 Å². The second-order valence-corrected chi connectivity index (χ2v) is 2.57. The molecule has 0 saturated carbocycles. The van der Waals surface area contributed by atoms with E-state index in [0.29, 0.717) is 0 Å². The molecule has 0 saturated heterocycles. The van der Waals surface area contributed by atoms with Crippen LogP contribution in [0.2, 0.25) is 0 Å².